The third-order valence-corrected chi connectivity index (χ3v) is 2.18. The molecule has 1 unspecified atom stereocenters. The molecule has 4 N–H and O–H groups in total. The van der Waals surface area contributed by atoms with Crippen LogP contribution in [-0.4, -0.2) is 15.7 Å². The topological polar surface area (TPSA) is 86.9 Å². The Morgan fingerprint density at radius 2 is 2.46 bits per heavy atom. The second kappa shape index (κ2) is 3.76. The first-order chi connectivity index (χ1) is 6.02. The number of aromatic nitrogens is 2. The highest BCUT2D eigenvalue weighted by molar-refractivity contribution is 6.30. The van der Waals surface area contributed by atoms with E-state index in [1.54, 1.807) is 7.05 Å². The van der Waals surface area contributed by atoms with Gasteiger partial charge in [0, 0.05) is 25.1 Å². The third kappa shape index (κ3) is 2.19. The van der Waals surface area contributed by atoms with E-state index in [1.807, 2.05) is 0 Å². The molecule has 1 aromatic rings. The van der Waals surface area contributed by atoms with Gasteiger partial charge in [-0.25, -0.2) is 0 Å². The molecule has 0 aliphatic rings. The Bertz CT molecular complexity index is 322. The van der Waals surface area contributed by atoms with Crippen molar-refractivity contribution in [2.24, 2.45) is 18.5 Å². The molecular formula is C7H11ClN4O. The zero-order valence-corrected chi connectivity index (χ0v) is 7.95. The van der Waals surface area contributed by atoms with Gasteiger partial charge in [0.15, 0.2) is 0 Å². The zero-order chi connectivity index (χ0) is 10.0. The smallest absolute Gasteiger partial charge is 0.219 e. The highest BCUT2D eigenvalue weighted by Gasteiger charge is 2.15. The maximum absolute atomic E-state index is 10.6. The van der Waals surface area contributed by atoms with Crippen LogP contribution in [0.3, 0.4) is 0 Å². The van der Waals surface area contributed by atoms with Gasteiger partial charge in [-0.3, -0.25) is 9.48 Å². The van der Waals surface area contributed by atoms with Crippen molar-refractivity contribution in [3.05, 3.63) is 16.9 Å². The minimum absolute atomic E-state index is 0.0748. The average Bonchev–Trinajstić information content (AvgIpc) is 2.31. The van der Waals surface area contributed by atoms with Crippen molar-refractivity contribution in [1.82, 2.24) is 9.78 Å². The molecule has 0 aliphatic heterocycles. The Morgan fingerprint density at radius 1 is 1.85 bits per heavy atom. The molecule has 0 radical (unpaired) electrons. The summed E-state index contributed by atoms with van der Waals surface area (Å²) >= 11 is 5.86. The van der Waals surface area contributed by atoms with Crippen LogP contribution >= 0.6 is 11.6 Å². The minimum Gasteiger partial charge on any atom is -0.370 e. The summed E-state index contributed by atoms with van der Waals surface area (Å²) in [5.41, 5.74) is 11.3. The highest BCUT2D eigenvalue weighted by Crippen LogP contribution is 2.21. The van der Waals surface area contributed by atoms with Crippen LogP contribution in [0.4, 0.5) is 0 Å². The van der Waals surface area contributed by atoms with Crippen LogP contribution in [0.5, 0.6) is 0 Å². The molecule has 1 aromatic heterocycles. The van der Waals surface area contributed by atoms with Crippen LogP contribution < -0.4 is 11.5 Å². The molecule has 72 valence electrons. The Hall–Kier alpha value is -1.07. The van der Waals surface area contributed by atoms with Crippen molar-refractivity contribution in [3.8, 4) is 0 Å². The lowest BCUT2D eigenvalue weighted by molar-refractivity contribution is -0.118. The lowest BCUT2D eigenvalue weighted by Crippen LogP contribution is -2.20. The number of hydrogen-bond acceptors (Lipinski definition) is 3. The van der Waals surface area contributed by atoms with Gasteiger partial charge in [0.1, 0.15) is 5.15 Å². The van der Waals surface area contributed by atoms with E-state index in [9.17, 15) is 4.79 Å². The lowest BCUT2D eigenvalue weighted by atomic mass is 10.1. The molecule has 0 fully saturated rings. The van der Waals surface area contributed by atoms with E-state index in [-0.39, 0.29) is 6.42 Å². The quantitative estimate of drug-likeness (QED) is 0.721. The predicted molar refractivity (Wildman–Crippen MR) is 49.0 cm³/mol. The average molecular weight is 203 g/mol. The summed E-state index contributed by atoms with van der Waals surface area (Å²) in [4.78, 5) is 10.6. The Kier molecular flexibility index (Phi) is 2.90. The van der Waals surface area contributed by atoms with Gasteiger partial charge in [-0.15, -0.1) is 0 Å². The fourth-order valence-corrected chi connectivity index (χ4v) is 1.25. The molecular weight excluding hydrogens is 192 g/mol. The number of hydrogen-bond donors (Lipinski definition) is 2. The number of nitrogens with zero attached hydrogens (tertiary/aromatic N) is 2. The fourth-order valence-electron chi connectivity index (χ4n) is 1.02. The number of primary amides is 1. The maximum Gasteiger partial charge on any atom is 0.219 e. The largest absolute Gasteiger partial charge is 0.370 e. The summed E-state index contributed by atoms with van der Waals surface area (Å²) in [6, 6.07) is -0.473. The van der Waals surface area contributed by atoms with E-state index < -0.39 is 11.9 Å². The van der Waals surface area contributed by atoms with Gasteiger partial charge in [-0.2, -0.15) is 5.10 Å². The molecule has 6 heteroatoms. The van der Waals surface area contributed by atoms with Gasteiger partial charge in [0.2, 0.25) is 5.91 Å². The number of carbonyl (C=O) groups excluding carboxylic acids is 1. The van der Waals surface area contributed by atoms with E-state index in [0.29, 0.717) is 10.7 Å². The second-order valence-electron chi connectivity index (χ2n) is 2.79. The number of halogens is 1. The Morgan fingerprint density at radius 3 is 2.85 bits per heavy atom. The normalized spacial score (nSPS) is 12.8. The number of carbonyl (C=O) groups is 1. The van der Waals surface area contributed by atoms with Crippen molar-refractivity contribution in [2.75, 3.05) is 0 Å². The van der Waals surface area contributed by atoms with E-state index in [0.717, 1.165) is 0 Å². The van der Waals surface area contributed by atoms with E-state index >= 15 is 0 Å². The fraction of sp³-hybridized carbons (Fsp3) is 0.429. The molecule has 0 saturated carbocycles. The van der Waals surface area contributed by atoms with Crippen LogP contribution in [0.15, 0.2) is 6.20 Å². The standard InChI is InChI=1S/C7H11ClN4O/c1-12-7(8)4(3-11-12)5(9)2-6(10)13/h3,5H,2,9H2,1H3,(H2,10,13). The lowest BCUT2D eigenvalue weighted by Gasteiger charge is -2.06. The molecule has 0 saturated heterocycles. The number of amides is 1. The molecule has 5 nitrogen and oxygen atoms in total. The van der Waals surface area contributed by atoms with E-state index in [2.05, 4.69) is 5.10 Å². The minimum atomic E-state index is -0.473. The summed E-state index contributed by atoms with van der Waals surface area (Å²) in [7, 11) is 1.70. The van der Waals surface area contributed by atoms with Crippen molar-refractivity contribution in [2.45, 2.75) is 12.5 Å². The Labute approximate surface area is 80.6 Å². The molecule has 1 rings (SSSR count). The monoisotopic (exact) mass is 202 g/mol. The number of rotatable bonds is 3. The van der Waals surface area contributed by atoms with Crippen LogP contribution in [0.25, 0.3) is 0 Å². The van der Waals surface area contributed by atoms with Crippen molar-refractivity contribution < 1.29 is 4.79 Å². The molecule has 13 heavy (non-hydrogen) atoms. The predicted octanol–water partition coefficient (Wildman–Crippen LogP) is -0.0513. The van der Waals surface area contributed by atoms with Gasteiger partial charge in [0.05, 0.1) is 6.20 Å². The third-order valence-electron chi connectivity index (χ3n) is 1.71. The second-order valence-corrected chi connectivity index (χ2v) is 3.15. The number of nitrogens with two attached hydrogens (primary N) is 2. The zero-order valence-electron chi connectivity index (χ0n) is 7.20. The summed E-state index contributed by atoms with van der Waals surface area (Å²) in [5.74, 6) is -0.451. The molecule has 0 aromatic carbocycles. The van der Waals surface area contributed by atoms with Gasteiger partial charge < -0.3 is 11.5 Å². The van der Waals surface area contributed by atoms with Gasteiger partial charge >= 0.3 is 0 Å². The van der Waals surface area contributed by atoms with Crippen molar-refractivity contribution >= 4 is 17.5 Å². The molecule has 1 amide bonds. The summed E-state index contributed by atoms with van der Waals surface area (Å²) < 4.78 is 1.48. The van der Waals surface area contributed by atoms with Crippen molar-refractivity contribution in [1.29, 1.82) is 0 Å². The van der Waals surface area contributed by atoms with Crippen molar-refractivity contribution in [3.63, 3.8) is 0 Å². The first-order valence-corrected chi connectivity index (χ1v) is 4.11. The van der Waals surface area contributed by atoms with Gasteiger partial charge in [0.25, 0.3) is 0 Å². The molecule has 1 atom stereocenters. The summed E-state index contributed by atoms with van der Waals surface area (Å²) in [6.07, 6.45) is 1.61. The summed E-state index contributed by atoms with van der Waals surface area (Å²) in [5, 5.41) is 4.34. The molecule has 0 spiro atoms. The van der Waals surface area contributed by atoms with E-state index in [1.165, 1.54) is 10.9 Å². The highest BCUT2D eigenvalue weighted by atomic mass is 35.5. The molecule has 1 heterocycles. The summed E-state index contributed by atoms with van der Waals surface area (Å²) in [6.45, 7) is 0. The van der Waals surface area contributed by atoms with Crippen LogP contribution in [0.1, 0.15) is 18.0 Å². The number of aryl methyl sites for hydroxylation is 1. The molecule has 0 bridgehead atoms. The van der Waals surface area contributed by atoms with Crippen LogP contribution in [-0.2, 0) is 11.8 Å². The van der Waals surface area contributed by atoms with E-state index in [4.69, 9.17) is 23.1 Å². The van der Waals surface area contributed by atoms with Gasteiger partial charge in [-0.1, -0.05) is 11.6 Å². The van der Waals surface area contributed by atoms with Crippen LogP contribution in [0.2, 0.25) is 5.15 Å². The SMILES string of the molecule is Cn1ncc(C(N)CC(N)=O)c1Cl. The molecule has 0 aliphatic carbocycles. The van der Waals surface area contributed by atoms with Crippen LogP contribution in [0, 0.1) is 0 Å². The Balaban J connectivity index is 2.82. The maximum atomic E-state index is 10.6. The van der Waals surface area contributed by atoms with Gasteiger partial charge in [-0.05, 0) is 0 Å². The first-order valence-electron chi connectivity index (χ1n) is 3.73. The first kappa shape index (κ1) is 10.0.